The molecule has 142 valence electrons. The Labute approximate surface area is 152 Å². The van der Waals surface area contributed by atoms with Crippen molar-refractivity contribution >= 4 is 29.4 Å². The van der Waals surface area contributed by atoms with Crippen molar-refractivity contribution in [2.24, 2.45) is 0 Å². The smallest absolute Gasteiger partial charge is 0.423 e. The van der Waals surface area contributed by atoms with Crippen molar-refractivity contribution in [3.8, 4) is 11.4 Å². The number of hydrogen-bond acceptors (Lipinski definition) is 8. The molecule has 3 aromatic heterocycles. The first-order chi connectivity index (χ1) is 12.5. The number of halogens is 2. The summed E-state index contributed by atoms with van der Waals surface area (Å²) in [5.41, 5.74) is 5.72. The minimum Gasteiger partial charge on any atom is -0.423 e. The van der Waals surface area contributed by atoms with E-state index in [1.807, 2.05) is 20.8 Å². The molecule has 3 aromatic rings. The number of anilines is 1. The van der Waals surface area contributed by atoms with E-state index in [-0.39, 0.29) is 28.4 Å². The molecule has 1 unspecified atom stereocenters. The predicted octanol–water partition coefficient (Wildman–Crippen LogP) is 0.621. The molecule has 0 saturated heterocycles. The largest absolute Gasteiger partial charge is 0.494 e. The van der Waals surface area contributed by atoms with Crippen LogP contribution in [0.4, 0.5) is 14.6 Å². The lowest BCUT2D eigenvalue weighted by Crippen LogP contribution is -2.33. The summed E-state index contributed by atoms with van der Waals surface area (Å²) in [6.07, 6.45) is 0.843. The average molecular weight is 378 g/mol. The predicted molar refractivity (Wildman–Crippen MR) is 92.4 cm³/mol. The van der Waals surface area contributed by atoms with Gasteiger partial charge in [0.1, 0.15) is 29.3 Å². The highest BCUT2D eigenvalue weighted by molar-refractivity contribution is 6.61. The van der Waals surface area contributed by atoms with Crippen molar-refractivity contribution in [1.29, 1.82) is 0 Å². The zero-order valence-electron chi connectivity index (χ0n) is 14.8. The van der Waals surface area contributed by atoms with Gasteiger partial charge in [0.15, 0.2) is 5.65 Å². The van der Waals surface area contributed by atoms with Gasteiger partial charge in [0.25, 0.3) is 5.92 Å². The normalized spacial score (nSPS) is 18.9. The fourth-order valence-electron chi connectivity index (χ4n) is 3.09. The molecule has 1 aliphatic rings. The lowest BCUT2D eigenvalue weighted by molar-refractivity contribution is 0.107. The van der Waals surface area contributed by atoms with E-state index in [2.05, 4.69) is 20.2 Å². The summed E-state index contributed by atoms with van der Waals surface area (Å²) < 4.78 is 33.7. The van der Waals surface area contributed by atoms with Crippen LogP contribution in [0.3, 0.4) is 0 Å². The Morgan fingerprint density at radius 2 is 1.96 bits per heavy atom. The first-order valence-corrected chi connectivity index (χ1v) is 8.26. The van der Waals surface area contributed by atoms with Gasteiger partial charge in [0.2, 0.25) is 0 Å². The van der Waals surface area contributed by atoms with Gasteiger partial charge in [-0.1, -0.05) is 5.16 Å². The maximum absolute atomic E-state index is 13.5. The molecule has 3 heterocycles. The van der Waals surface area contributed by atoms with E-state index < -0.39 is 30.9 Å². The molecule has 12 heteroatoms. The summed E-state index contributed by atoms with van der Waals surface area (Å²) in [4.78, 5) is 8.16. The van der Waals surface area contributed by atoms with E-state index >= 15 is 0 Å². The van der Waals surface area contributed by atoms with Gasteiger partial charge in [-0.05, 0) is 20.8 Å². The highest BCUT2D eigenvalue weighted by Crippen LogP contribution is 2.55. The summed E-state index contributed by atoms with van der Waals surface area (Å²) in [5, 5.41) is 28.2. The van der Waals surface area contributed by atoms with Gasteiger partial charge in [0.05, 0.1) is 22.3 Å². The molecule has 9 nitrogen and oxygen atoms in total. The lowest BCUT2D eigenvalue weighted by atomic mass is 9.76. The molecule has 0 spiro atoms. The summed E-state index contributed by atoms with van der Waals surface area (Å²) in [6.45, 7) is 5.67. The molecule has 1 fully saturated rings. The summed E-state index contributed by atoms with van der Waals surface area (Å²) in [5.74, 6) is -4.38. The first kappa shape index (κ1) is 17.8. The van der Waals surface area contributed by atoms with E-state index in [0.29, 0.717) is 11.0 Å². The third-order valence-electron chi connectivity index (χ3n) is 4.51. The van der Waals surface area contributed by atoms with Crippen molar-refractivity contribution < 1.29 is 23.4 Å². The van der Waals surface area contributed by atoms with Crippen LogP contribution in [0.15, 0.2) is 10.9 Å². The van der Waals surface area contributed by atoms with Crippen LogP contribution in [0.5, 0.6) is 0 Å². The van der Waals surface area contributed by atoms with Crippen molar-refractivity contribution in [3.05, 3.63) is 12.1 Å². The molecule has 0 amide bonds. The number of nitrogens with zero attached hydrogens (tertiary/aromatic N) is 5. The van der Waals surface area contributed by atoms with Crippen LogP contribution in [0, 0.1) is 0 Å². The maximum Gasteiger partial charge on any atom is 0.494 e. The standard InChI is InChI=1S/C15H17BF2N6O3/c1-14(2,3)24-13-7(12(19)20-5-21-13)9(22-24)10-8(16(25)26)11(27-23-10)6-4-15(6,17)18/h5-6,25-26H,4H2,1-3H3,(H2,19,20,21). The Bertz CT molecular complexity index is 1040. The number of nitrogens with two attached hydrogens (primary N) is 1. The van der Waals surface area contributed by atoms with Crippen LogP contribution in [0.25, 0.3) is 22.4 Å². The molecular weight excluding hydrogens is 361 g/mol. The molecule has 1 aliphatic carbocycles. The van der Waals surface area contributed by atoms with Crippen LogP contribution in [0.1, 0.15) is 38.9 Å². The Morgan fingerprint density at radius 1 is 1.30 bits per heavy atom. The fraction of sp³-hybridized carbons (Fsp3) is 0.467. The van der Waals surface area contributed by atoms with Crippen LogP contribution in [-0.2, 0) is 5.54 Å². The minimum atomic E-state index is -2.96. The van der Waals surface area contributed by atoms with E-state index in [1.165, 1.54) is 6.33 Å². The quantitative estimate of drug-likeness (QED) is 0.565. The molecule has 4 N–H and O–H groups in total. The zero-order chi connectivity index (χ0) is 19.7. The van der Waals surface area contributed by atoms with Crippen molar-refractivity contribution in [1.82, 2.24) is 24.9 Å². The molecule has 1 saturated carbocycles. The zero-order valence-corrected chi connectivity index (χ0v) is 14.8. The first-order valence-electron chi connectivity index (χ1n) is 8.26. The topological polar surface area (TPSA) is 136 Å². The van der Waals surface area contributed by atoms with E-state index in [9.17, 15) is 18.8 Å². The van der Waals surface area contributed by atoms with E-state index in [0.717, 1.165) is 0 Å². The monoisotopic (exact) mass is 378 g/mol. The average Bonchev–Trinajstić information content (AvgIpc) is 2.92. The second-order valence-electron chi connectivity index (χ2n) is 7.59. The Morgan fingerprint density at radius 3 is 2.52 bits per heavy atom. The number of aromatic nitrogens is 5. The molecule has 4 rings (SSSR count). The molecule has 0 aromatic carbocycles. The lowest BCUT2D eigenvalue weighted by Gasteiger charge is -2.19. The molecule has 0 radical (unpaired) electrons. The van der Waals surface area contributed by atoms with E-state index in [4.69, 9.17) is 10.3 Å². The van der Waals surface area contributed by atoms with Gasteiger partial charge in [0, 0.05) is 6.42 Å². The summed E-state index contributed by atoms with van der Waals surface area (Å²) >= 11 is 0. The number of nitrogen functional groups attached to an aromatic ring is 1. The van der Waals surface area contributed by atoms with Gasteiger partial charge in [-0.25, -0.2) is 23.4 Å². The van der Waals surface area contributed by atoms with Gasteiger partial charge < -0.3 is 20.3 Å². The molecule has 0 bridgehead atoms. The second kappa shape index (κ2) is 5.46. The van der Waals surface area contributed by atoms with Crippen molar-refractivity contribution in [2.75, 3.05) is 5.73 Å². The SMILES string of the molecule is CC(C)(C)n1nc(-c2noc(C3CC3(F)F)c2B(O)O)c2c(N)ncnc21. The van der Waals surface area contributed by atoms with Gasteiger partial charge in [-0.2, -0.15) is 5.10 Å². The maximum atomic E-state index is 13.5. The van der Waals surface area contributed by atoms with Crippen LogP contribution in [0.2, 0.25) is 0 Å². The van der Waals surface area contributed by atoms with Gasteiger partial charge in [-0.15, -0.1) is 0 Å². The van der Waals surface area contributed by atoms with Gasteiger partial charge >= 0.3 is 7.12 Å². The number of hydrogen-bond donors (Lipinski definition) is 3. The minimum absolute atomic E-state index is 0.0720. The molecule has 27 heavy (non-hydrogen) atoms. The molecule has 0 aliphatic heterocycles. The van der Waals surface area contributed by atoms with Crippen LogP contribution in [-0.4, -0.2) is 48.0 Å². The van der Waals surface area contributed by atoms with Crippen LogP contribution >= 0.6 is 0 Å². The molecule has 1 atom stereocenters. The highest BCUT2D eigenvalue weighted by Gasteiger charge is 2.61. The number of fused-ring (bicyclic) bond motifs is 1. The summed E-state index contributed by atoms with van der Waals surface area (Å²) in [7, 11) is -2.07. The number of rotatable bonds is 3. The van der Waals surface area contributed by atoms with Gasteiger partial charge in [-0.3, -0.25) is 0 Å². The summed E-state index contributed by atoms with van der Waals surface area (Å²) in [6, 6.07) is 0. The highest BCUT2D eigenvalue weighted by atomic mass is 19.3. The third kappa shape index (κ3) is 2.67. The Kier molecular flexibility index (Phi) is 3.60. The second-order valence-corrected chi connectivity index (χ2v) is 7.59. The Balaban J connectivity index is 1.99. The fourth-order valence-corrected chi connectivity index (χ4v) is 3.09. The van der Waals surface area contributed by atoms with E-state index in [1.54, 1.807) is 4.68 Å². The Hall–Kier alpha value is -2.60. The van der Waals surface area contributed by atoms with Crippen molar-refractivity contribution in [2.45, 2.75) is 44.6 Å². The third-order valence-corrected chi connectivity index (χ3v) is 4.51. The van der Waals surface area contributed by atoms with Crippen molar-refractivity contribution in [3.63, 3.8) is 0 Å². The van der Waals surface area contributed by atoms with Crippen LogP contribution < -0.4 is 11.2 Å². The molecular formula is C15H17BF2N6O3. The number of alkyl halides is 2.